The van der Waals surface area contributed by atoms with E-state index in [1.54, 1.807) is 11.0 Å². The lowest BCUT2D eigenvalue weighted by Crippen LogP contribution is -2.40. The quantitative estimate of drug-likeness (QED) is 0.564. The molecule has 1 aromatic rings. The van der Waals surface area contributed by atoms with Crippen molar-refractivity contribution in [2.45, 2.75) is 18.9 Å². The molecule has 1 saturated heterocycles. The van der Waals surface area contributed by atoms with E-state index in [0.29, 0.717) is 19.9 Å². The Morgan fingerprint density at radius 3 is 3.00 bits per heavy atom. The molecule has 20 heavy (non-hydrogen) atoms. The van der Waals surface area contributed by atoms with Gasteiger partial charge in [0.1, 0.15) is 13.3 Å². The van der Waals surface area contributed by atoms with Gasteiger partial charge in [-0.1, -0.05) is 36.4 Å². The van der Waals surface area contributed by atoms with Gasteiger partial charge >= 0.3 is 0 Å². The number of hydrogen-bond acceptors (Lipinski definition) is 3. The van der Waals surface area contributed by atoms with Gasteiger partial charge in [-0.2, -0.15) is 0 Å². The number of ether oxygens (including phenoxy) is 2. The monoisotopic (exact) mass is 275 g/mol. The van der Waals surface area contributed by atoms with E-state index < -0.39 is 0 Å². The highest BCUT2D eigenvalue weighted by molar-refractivity contribution is 5.78. The third kappa shape index (κ3) is 4.18. The van der Waals surface area contributed by atoms with E-state index in [4.69, 9.17) is 9.47 Å². The third-order valence-corrected chi connectivity index (χ3v) is 3.31. The minimum absolute atomic E-state index is 0.00695. The zero-order valence-electron chi connectivity index (χ0n) is 11.7. The number of carbonyl (C=O) groups is 1. The second kappa shape index (κ2) is 7.82. The van der Waals surface area contributed by atoms with Gasteiger partial charge in [0.25, 0.3) is 5.91 Å². The Hall–Kier alpha value is -1.65. The molecule has 0 radical (unpaired) electrons. The molecule has 1 heterocycles. The lowest BCUT2D eigenvalue weighted by Gasteiger charge is -2.22. The number of hydrogen-bond donors (Lipinski definition) is 0. The van der Waals surface area contributed by atoms with Crippen molar-refractivity contribution in [2.24, 2.45) is 0 Å². The molecule has 1 aliphatic rings. The van der Waals surface area contributed by atoms with Gasteiger partial charge < -0.3 is 14.4 Å². The minimum atomic E-state index is -0.00695. The van der Waals surface area contributed by atoms with E-state index in [1.165, 1.54) is 5.56 Å². The van der Waals surface area contributed by atoms with Crippen LogP contribution < -0.4 is 0 Å². The van der Waals surface area contributed by atoms with Gasteiger partial charge in [-0.3, -0.25) is 4.79 Å². The van der Waals surface area contributed by atoms with E-state index in [9.17, 15) is 4.79 Å². The second-order valence-electron chi connectivity index (χ2n) is 4.84. The van der Waals surface area contributed by atoms with Crippen molar-refractivity contribution in [3.8, 4) is 0 Å². The molecule has 0 aliphatic carbocycles. The predicted octanol–water partition coefficient (Wildman–Crippen LogP) is 2.01. The molecule has 1 aliphatic heterocycles. The SMILES string of the molecule is C=CCCOCC(=O)N1COC[C@@H]1Cc1ccccc1. The van der Waals surface area contributed by atoms with Crippen LogP contribution in [0.25, 0.3) is 0 Å². The molecule has 0 unspecified atom stereocenters. The second-order valence-corrected chi connectivity index (χ2v) is 4.84. The van der Waals surface area contributed by atoms with Gasteiger partial charge in [0, 0.05) is 0 Å². The number of carbonyl (C=O) groups excluding carboxylic acids is 1. The highest BCUT2D eigenvalue weighted by atomic mass is 16.5. The van der Waals surface area contributed by atoms with Gasteiger partial charge in [-0.05, 0) is 18.4 Å². The molecular formula is C16H21NO3. The predicted molar refractivity (Wildman–Crippen MR) is 77.2 cm³/mol. The Bertz CT molecular complexity index is 433. The Morgan fingerprint density at radius 1 is 1.45 bits per heavy atom. The first kappa shape index (κ1) is 14.8. The topological polar surface area (TPSA) is 38.8 Å². The Balaban J connectivity index is 1.83. The van der Waals surface area contributed by atoms with Crippen LogP contribution in [0.5, 0.6) is 0 Å². The lowest BCUT2D eigenvalue weighted by atomic mass is 10.1. The van der Waals surface area contributed by atoms with Crippen molar-refractivity contribution in [1.82, 2.24) is 4.90 Å². The van der Waals surface area contributed by atoms with E-state index in [1.807, 2.05) is 18.2 Å². The van der Waals surface area contributed by atoms with E-state index in [0.717, 1.165) is 12.8 Å². The molecule has 1 fully saturated rings. The first-order chi connectivity index (χ1) is 9.81. The van der Waals surface area contributed by atoms with Crippen molar-refractivity contribution in [3.05, 3.63) is 48.6 Å². The summed E-state index contributed by atoms with van der Waals surface area (Å²) < 4.78 is 10.8. The highest BCUT2D eigenvalue weighted by Crippen LogP contribution is 2.15. The van der Waals surface area contributed by atoms with Gasteiger partial charge in [0.05, 0.1) is 19.3 Å². The molecule has 0 bridgehead atoms. The van der Waals surface area contributed by atoms with Crippen LogP contribution in [0.3, 0.4) is 0 Å². The fourth-order valence-corrected chi connectivity index (χ4v) is 2.22. The molecule has 0 aromatic heterocycles. The maximum atomic E-state index is 12.1. The fraction of sp³-hybridized carbons (Fsp3) is 0.438. The van der Waals surface area contributed by atoms with Crippen LogP contribution in [0.15, 0.2) is 43.0 Å². The molecule has 0 spiro atoms. The third-order valence-electron chi connectivity index (χ3n) is 3.31. The summed E-state index contributed by atoms with van der Waals surface area (Å²) in [4.78, 5) is 13.9. The molecule has 0 N–H and O–H groups in total. The average Bonchev–Trinajstić information content (AvgIpc) is 2.93. The largest absolute Gasteiger partial charge is 0.371 e. The Kier molecular flexibility index (Phi) is 5.77. The average molecular weight is 275 g/mol. The van der Waals surface area contributed by atoms with E-state index in [-0.39, 0.29) is 18.6 Å². The summed E-state index contributed by atoms with van der Waals surface area (Å²) in [5, 5.41) is 0. The molecule has 1 amide bonds. The first-order valence-electron chi connectivity index (χ1n) is 6.91. The van der Waals surface area contributed by atoms with Crippen LogP contribution in [0, 0.1) is 0 Å². The molecule has 1 aromatic carbocycles. The summed E-state index contributed by atoms with van der Waals surface area (Å²) in [7, 11) is 0. The Morgan fingerprint density at radius 2 is 2.25 bits per heavy atom. The Labute approximate surface area is 120 Å². The van der Waals surface area contributed by atoms with Crippen molar-refractivity contribution in [2.75, 3.05) is 26.6 Å². The zero-order valence-corrected chi connectivity index (χ0v) is 11.7. The summed E-state index contributed by atoms with van der Waals surface area (Å²) in [6.45, 7) is 5.22. The number of nitrogens with zero attached hydrogens (tertiary/aromatic N) is 1. The lowest BCUT2D eigenvalue weighted by molar-refractivity contribution is -0.138. The first-order valence-corrected chi connectivity index (χ1v) is 6.91. The van der Waals surface area contributed by atoms with Crippen molar-refractivity contribution >= 4 is 5.91 Å². The smallest absolute Gasteiger partial charge is 0.250 e. The van der Waals surface area contributed by atoms with Crippen LogP contribution in [-0.4, -0.2) is 43.4 Å². The molecule has 0 saturated carbocycles. The number of benzene rings is 1. The van der Waals surface area contributed by atoms with Gasteiger partial charge in [-0.15, -0.1) is 6.58 Å². The van der Waals surface area contributed by atoms with Crippen molar-refractivity contribution in [3.63, 3.8) is 0 Å². The number of rotatable bonds is 7. The van der Waals surface area contributed by atoms with Crippen LogP contribution in [-0.2, 0) is 20.7 Å². The fourth-order valence-electron chi connectivity index (χ4n) is 2.22. The van der Waals surface area contributed by atoms with E-state index >= 15 is 0 Å². The van der Waals surface area contributed by atoms with Gasteiger partial charge in [0.15, 0.2) is 0 Å². The summed E-state index contributed by atoms with van der Waals surface area (Å²) in [5.74, 6) is -0.00695. The summed E-state index contributed by atoms with van der Waals surface area (Å²) in [5.41, 5.74) is 1.22. The normalized spacial score (nSPS) is 18.2. The maximum Gasteiger partial charge on any atom is 0.250 e. The molecule has 2 rings (SSSR count). The summed E-state index contributed by atoms with van der Waals surface area (Å²) >= 11 is 0. The van der Waals surface area contributed by atoms with Gasteiger partial charge in [-0.25, -0.2) is 0 Å². The summed E-state index contributed by atoms with van der Waals surface area (Å²) in [6.07, 6.45) is 3.36. The van der Waals surface area contributed by atoms with Crippen LogP contribution in [0.4, 0.5) is 0 Å². The molecule has 1 atom stereocenters. The highest BCUT2D eigenvalue weighted by Gasteiger charge is 2.29. The van der Waals surface area contributed by atoms with Crippen molar-refractivity contribution in [1.29, 1.82) is 0 Å². The number of amides is 1. The molecule has 4 heteroatoms. The molecule has 108 valence electrons. The minimum Gasteiger partial charge on any atom is -0.371 e. The molecule has 4 nitrogen and oxygen atoms in total. The van der Waals surface area contributed by atoms with Crippen LogP contribution in [0.2, 0.25) is 0 Å². The van der Waals surface area contributed by atoms with Crippen molar-refractivity contribution < 1.29 is 14.3 Å². The maximum absolute atomic E-state index is 12.1. The molecular weight excluding hydrogens is 254 g/mol. The van der Waals surface area contributed by atoms with Crippen LogP contribution >= 0.6 is 0 Å². The van der Waals surface area contributed by atoms with Crippen LogP contribution in [0.1, 0.15) is 12.0 Å². The zero-order chi connectivity index (χ0) is 14.2. The summed E-state index contributed by atoms with van der Waals surface area (Å²) in [6, 6.07) is 10.3. The standard InChI is InChI=1S/C16H21NO3/c1-2-3-9-19-12-16(18)17-13-20-11-15(17)10-14-7-5-4-6-8-14/h2,4-8,15H,1,3,9-13H2/t15-/m0/s1. The van der Waals surface area contributed by atoms with Gasteiger partial charge in [0.2, 0.25) is 0 Å². The van der Waals surface area contributed by atoms with E-state index in [2.05, 4.69) is 18.7 Å².